The molecule has 2 fully saturated rings. The Morgan fingerprint density at radius 2 is 1.79 bits per heavy atom. The smallest absolute Gasteiger partial charge is 0.422 e. The topological polar surface area (TPSA) is 53.6 Å². The van der Waals surface area contributed by atoms with Gasteiger partial charge in [-0.25, -0.2) is 10.2 Å². The van der Waals surface area contributed by atoms with Crippen LogP contribution in [0.3, 0.4) is 0 Å². The van der Waals surface area contributed by atoms with Crippen LogP contribution in [-0.4, -0.2) is 41.8 Å². The highest BCUT2D eigenvalue weighted by Crippen LogP contribution is 2.26. The van der Waals surface area contributed by atoms with E-state index in [-0.39, 0.29) is 0 Å². The number of carbonyl (C=O) groups is 1. The Balaban J connectivity index is 1.61. The second-order valence-electron chi connectivity index (χ2n) is 6.67. The average Bonchev–Trinajstić information content (AvgIpc) is 2.23. The molecular weight excluding hydrogens is 242 g/mol. The molecule has 1 saturated carbocycles. The van der Waals surface area contributed by atoms with Crippen molar-refractivity contribution in [2.75, 3.05) is 13.1 Å². The van der Waals surface area contributed by atoms with E-state index in [1.54, 1.807) is 0 Å². The maximum absolute atomic E-state index is 11.5. The van der Waals surface area contributed by atoms with Crippen molar-refractivity contribution in [1.29, 1.82) is 0 Å². The maximum atomic E-state index is 11.5. The van der Waals surface area contributed by atoms with Crippen LogP contribution in [0.1, 0.15) is 52.9 Å². The molecule has 1 aliphatic heterocycles. The lowest BCUT2D eigenvalue weighted by atomic mass is 9.89. The zero-order valence-electron chi connectivity index (χ0n) is 12.4. The van der Waals surface area contributed by atoms with E-state index in [1.807, 2.05) is 20.8 Å². The molecule has 5 nitrogen and oxygen atoms in total. The summed E-state index contributed by atoms with van der Waals surface area (Å²) in [5, 5.41) is 0. The van der Waals surface area contributed by atoms with Crippen LogP contribution in [0.15, 0.2) is 0 Å². The molecule has 0 atom stereocenters. The van der Waals surface area contributed by atoms with Gasteiger partial charge in [0.2, 0.25) is 0 Å². The van der Waals surface area contributed by atoms with Gasteiger partial charge in [0, 0.05) is 12.1 Å². The summed E-state index contributed by atoms with van der Waals surface area (Å²) in [6.45, 7) is 8.15. The predicted molar refractivity (Wildman–Crippen MR) is 74.7 cm³/mol. The highest BCUT2D eigenvalue weighted by atomic mass is 16.6. The van der Waals surface area contributed by atoms with Crippen molar-refractivity contribution in [3.8, 4) is 0 Å². The Labute approximate surface area is 116 Å². The number of amides is 1. The molecule has 2 N–H and O–H groups in total. The first kappa shape index (κ1) is 14.6. The zero-order valence-corrected chi connectivity index (χ0v) is 12.4. The Morgan fingerprint density at radius 1 is 1.16 bits per heavy atom. The van der Waals surface area contributed by atoms with Crippen molar-refractivity contribution < 1.29 is 9.53 Å². The van der Waals surface area contributed by atoms with E-state index < -0.39 is 11.7 Å². The summed E-state index contributed by atoms with van der Waals surface area (Å²) in [6.07, 6.45) is 5.67. The lowest BCUT2D eigenvalue weighted by Crippen LogP contribution is -2.51. The molecular formula is C14H27N3O2. The van der Waals surface area contributed by atoms with Gasteiger partial charge in [0.1, 0.15) is 5.60 Å². The molecule has 1 aliphatic carbocycles. The van der Waals surface area contributed by atoms with Gasteiger partial charge in [0.05, 0.1) is 0 Å². The summed E-state index contributed by atoms with van der Waals surface area (Å²) in [5.41, 5.74) is 5.31. The molecule has 0 spiro atoms. The minimum atomic E-state index is -0.444. The molecule has 1 saturated heterocycles. The molecule has 1 amide bonds. The van der Waals surface area contributed by atoms with E-state index in [0.29, 0.717) is 6.04 Å². The van der Waals surface area contributed by atoms with Crippen molar-refractivity contribution >= 4 is 6.09 Å². The number of nitrogens with zero attached hydrogens (tertiary/aromatic N) is 1. The van der Waals surface area contributed by atoms with E-state index >= 15 is 0 Å². The average molecular weight is 269 g/mol. The SMILES string of the molecule is CC(C)(C)OC(=O)NNC1CCC(N2CCC2)CC1. The van der Waals surface area contributed by atoms with Crippen molar-refractivity contribution in [2.24, 2.45) is 0 Å². The summed E-state index contributed by atoms with van der Waals surface area (Å²) in [4.78, 5) is 14.1. The van der Waals surface area contributed by atoms with Crippen LogP contribution in [0.5, 0.6) is 0 Å². The highest BCUT2D eigenvalue weighted by Gasteiger charge is 2.28. The van der Waals surface area contributed by atoms with Crippen LogP contribution in [-0.2, 0) is 4.74 Å². The number of nitrogens with one attached hydrogen (secondary N) is 2. The van der Waals surface area contributed by atoms with Gasteiger partial charge >= 0.3 is 6.09 Å². The molecule has 110 valence electrons. The number of rotatable bonds is 3. The fourth-order valence-electron chi connectivity index (χ4n) is 2.76. The molecule has 0 radical (unpaired) electrons. The van der Waals surface area contributed by atoms with Gasteiger partial charge in [0.15, 0.2) is 0 Å². The van der Waals surface area contributed by atoms with E-state index in [0.717, 1.165) is 18.9 Å². The normalized spacial score (nSPS) is 28.6. The maximum Gasteiger partial charge on any atom is 0.422 e. The lowest BCUT2D eigenvalue weighted by molar-refractivity contribution is 0.0462. The summed E-state index contributed by atoms with van der Waals surface area (Å²) in [7, 11) is 0. The largest absolute Gasteiger partial charge is 0.443 e. The molecule has 19 heavy (non-hydrogen) atoms. The first-order valence-electron chi connectivity index (χ1n) is 7.42. The number of hydrazine groups is 1. The quantitative estimate of drug-likeness (QED) is 0.770. The Morgan fingerprint density at radius 3 is 2.26 bits per heavy atom. The lowest BCUT2D eigenvalue weighted by Gasteiger charge is -2.42. The fourth-order valence-corrected chi connectivity index (χ4v) is 2.76. The standard InChI is InChI=1S/C14H27N3O2/c1-14(2,3)19-13(18)16-15-11-5-7-12(8-6-11)17-9-4-10-17/h11-12,15H,4-10H2,1-3H3,(H,16,18). The molecule has 2 aliphatic rings. The third kappa shape index (κ3) is 4.66. The number of hydrogen-bond donors (Lipinski definition) is 2. The van der Waals surface area contributed by atoms with Gasteiger partial charge in [-0.2, -0.15) is 0 Å². The Bertz CT molecular complexity index is 302. The van der Waals surface area contributed by atoms with Crippen molar-refractivity contribution in [3.63, 3.8) is 0 Å². The third-order valence-electron chi connectivity index (χ3n) is 3.88. The highest BCUT2D eigenvalue weighted by molar-refractivity contribution is 5.67. The second kappa shape index (κ2) is 6.09. The van der Waals surface area contributed by atoms with Gasteiger partial charge in [-0.1, -0.05) is 0 Å². The van der Waals surface area contributed by atoms with Crippen molar-refractivity contribution in [1.82, 2.24) is 15.8 Å². The monoisotopic (exact) mass is 269 g/mol. The minimum absolute atomic E-state index is 0.380. The fraction of sp³-hybridized carbons (Fsp3) is 0.929. The van der Waals surface area contributed by atoms with Crippen LogP contribution < -0.4 is 10.9 Å². The zero-order chi connectivity index (χ0) is 13.9. The first-order chi connectivity index (χ1) is 8.94. The molecule has 0 aromatic rings. The van der Waals surface area contributed by atoms with E-state index in [9.17, 15) is 4.79 Å². The van der Waals surface area contributed by atoms with Gasteiger partial charge < -0.3 is 9.64 Å². The molecule has 5 heteroatoms. The molecule has 1 heterocycles. The Hall–Kier alpha value is -0.810. The van der Waals surface area contributed by atoms with Crippen LogP contribution in [0.25, 0.3) is 0 Å². The summed E-state index contributed by atoms with van der Waals surface area (Å²) in [6, 6.07) is 1.15. The van der Waals surface area contributed by atoms with Crippen LogP contribution in [0, 0.1) is 0 Å². The summed E-state index contributed by atoms with van der Waals surface area (Å²) in [5.74, 6) is 0. The van der Waals surface area contributed by atoms with Crippen LogP contribution in [0.4, 0.5) is 4.79 Å². The molecule has 2 rings (SSSR count). The minimum Gasteiger partial charge on any atom is -0.443 e. The number of hydrogen-bond acceptors (Lipinski definition) is 4. The predicted octanol–water partition coefficient (Wildman–Crippen LogP) is 2.03. The van der Waals surface area contributed by atoms with Crippen molar-refractivity contribution in [2.45, 2.75) is 70.6 Å². The Kier molecular flexibility index (Phi) is 4.68. The van der Waals surface area contributed by atoms with E-state index in [2.05, 4.69) is 15.8 Å². The van der Waals surface area contributed by atoms with Gasteiger partial charge in [-0.05, 0) is 66.0 Å². The van der Waals surface area contributed by atoms with Crippen LogP contribution in [0.2, 0.25) is 0 Å². The van der Waals surface area contributed by atoms with Gasteiger partial charge in [-0.15, -0.1) is 0 Å². The molecule has 0 bridgehead atoms. The van der Waals surface area contributed by atoms with Crippen molar-refractivity contribution in [3.05, 3.63) is 0 Å². The molecule has 0 aromatic heterocycles. The summed E-state index contributed by atoms with van der Waals surface area (Å²) < 4.78 is 5.19. The molecule has 0 aromatic carbocycles. The van der Waals surface area contributed by atoms with Crippen LogP contribution >= 0.6 is 0 Å². The van der Waals surface area contributed by atoms with Gasteiger partial charge in [-0.3, -0.25) is 5.43 Å². The number of carbonyl (C=O) groups excluding carboxylic acids is 1. The third-order valence-corrected chi connectivity index (χ3v) is 3.88. The molecule has 0 unspecified atom stereocenters. The number of likely N-dealkylation sites (tertiary alicyclic amines) is 1. The summed E-state index contributed by atoms with van der Waals surface area (Å²) >= 11 is 0. The van der Waals surface area contributed by atoms with E-state index in [4.69, 9.17) is 4.74 Å². The van der Waals surface area contributed by atoms with E-state index in [1.165, 1.54) is 32.4 Å². The first-order valence-corrected chi connectivity index (χ1v) is 7.42. The second-order valence-corrected chi connectivity index (χ2v) is 6.67. The van der Waals surface area contributed by atoms with Gasteiger partial charge in [0.25, 0.3) is 0 Å². The number of ether oxygens (including phenoxy) is 1.